The molecule has 2 aromatic heterocycles. The summed E-state index contributed by atoms with van der Waals surface area (Å²) < 4.78 is 36.7. The van der Waals surface area contributed by atoms with Gasteiger partial charge in [0, 0.05) is 67.0 Å². The summed E-state index contributed by atoms with van der Waals surface area (Å²) in [7, 11) is -4.50. The number of piperazine rings is 1. The van der Waals surface area contributed by atoms with Crippen molar-refractivity contribution in [1.29, 1.82) is 5.26 Å². The highest BCUT2D eigenvalue weighted by Gasteiger charge is 2.60. The fourth-order valence-electron chi connectivity index (χ4n) is 6.87. The Morgan fingerprint density at radius 2 is 1.70 bits per heavy atom. The zero-order chi connectivity index (χ0) is 32.8. The van der Waals surface area contributed by atoms with E-state index in [-0.39, 0.29) is 16.1 Å². The molecule has 1 atom stereocenters. The van der Waals surface area contributed by atoms with Crippen LogP contribution in [0, 0.1) is 18.3 Å². The summed E-state index contributed by atoms with van der Waals surface area (Å²) in [4.78, 5) is 28.2. The summed E-state index contributed by atoms with van der Waals surface area (Å²) in [5.41, 5.74) is 2.00. The standard InChI is InChI=1S/C36H32N6O4S/c1-3-46-32-9-5-4-8-29(32)36(41-19-17-40(18-20-41)28-13-15-38-16-14-28)30-22-26(23-37)11-12-31(30)42(35(36)43)47(44,45)33-10-6-7-27-21-25(2)24-39-34(27)33/h4-16,21-22,24H,3,17-20H2,1-2H3. The van der Waals surface area contributed by atoms with Crippen molar-refractivity contribution in [3.05, 3.63) is 120 Å². The van der Waals surface area contributed by atoms with E-state index >= 15 is 4.79 Å². The minimum Gasteiger partial charge on any atom is -0.493 e. The van der Waals surface area contributed by atoms with Gasteiger partial charge < -0.3 is 9.64 Å². The van der Waals surface area contributed by atoms with Crippen molar-refractivity contribution in [3.8, 4) is 11.8 Å². The largest absolute Gasteiger partial charge is 0.493 e. The van der Waals surface area contributed by atoms with Gasteiger partial charge in [-0.15, -0.1) is 0 Å². The molecule has 0 N–H and O–H groups in total. The summed E-state index contributed by atoms with van der Waals surface area (Å²) in [6.45, 7) is 6.08. The van der Waals surface area contributed by atoms with Crippen molar-refractivity contribution < 1.29 is 17.9 Å². The Bertz CT molecular complexity index is 2160. The van der Waals surface area contributed by atoms with Gasteiger partial charge in [-0.1, -0.05) is 30.3 Å². The second-order valence-corrected chi connectivity index (χ2v) is 13.3. The molecule has 7 rings (SSSR count). The lowest BCUT2D eigenvalue weighted by Crippen LogP contribution is -2.60. The topological polar surface area (TPSA) is 120 Å². The van der Waals surface area contributed by atoms with Crippen molar-refractivity contribution >= 4 is 38.2 Å². The van der Waals surface area contributed by atoms with Gasteiger partial charge in [0.15, 0.2) is 5.54 Å². The molecule has 2 aliphatic heterocycles. The number of carbonyl (C=O) groups is 1. The molecular formula is C36H32N6O4S. The number of sulfonamides is 1. The van der Waals surface area contributed by atoms with Crippen LogP contribution < -0.4 is 13.9 Å². The van der Waals surface area contributed by atoms with E-state index in [1.807, 2.05) is 55.1 Å². The van der Waals surface area contributed by atoms with Crippen molar-refractivity contribution in [3.63, 3.8) is 0 Å². The monoisotopic (exact) mass is 644 g/mol. The number of amides is 1. The number of hydrogen-bond donors (Lipinski definition) is 0. The second kappa shape index (κ2) is 11.8. The molecule has 3 aromatic carbocycles. The maximum atomic E-state index is 15.4. The van der Waals surface area contributed by atoms with E-state index in [1.54, 1.807) is 55.0 Å². The average molecular weight is 645 g/mol. The van der Waals surface area contributed by atoms with Gasteiger partial charge in [0.25, 0.3) is 15.9 Å². The van der Waals surface area contributed by atoms with Gasteiger partial charge in [-0.25, -0.2) is 12.7 Å². The van der Waals surface area contributed by atoms with Crippen LogP contribution >= 0.6 is 0 Å². The number of benzene rings is 3. The molecule has 0 saturated carbocycles. The number of ether oxygens (including phenoxy) is 1. The van der Waals surface area contributed by atoms with Crippen molar-refractivity contribution in [2.24, 2.45) is 0 Å². The minimum atomic E-state index is -4.50. The Balaban J connectivity index is 1.46. The molecule has 0 spiro atoms. The fraction of sp³-hybridized carbons (Fsp3) is 0.222. The van der Waals surface area contributed by atoms with Crippen molar-refractivity contribution in [1.82, 2.24) is 14.9 Å². The van der Waals surface area contributed by atoms with Crippen LogP contribution in [0.1, 0.15) is 29.2 Å². The molecule has 0 bridgehead atoms. The number of para-hydroxylation sites is 2. The van der Waals surface area contributed by atoms with E-state index in [4.69, 9.17) is 4.74 Å². The lowest BCUT2D eigenvalue weighted by Gasteiger charge is -2.46. The van der Waals surface area contributed by atoms with Gasteiger partial charge in [0.2, 0.25) is 0 Å². The van der Waals surface area contributed by atoms with E-state index in [0.29, 0.717) is 60.6 Å². The van der Waals surface area contributed by atoms with Gasteiger partial charge in [-0.3, -0.25) is 19.7 Å². The van der Waals surface area contributed by atoms with E-state index in [0.717, 1.165) is 15.6 Å². The molecule has 5 aromatic rings. The number of carbonyl (C=O) groups excluding carboxylic acids is 1. The highest BCUT2D eigenvalue weighted by Crippen LogP contribution is 2.53. The third kappa shape index (κ3) is 4.80. The first kappa shape index (κ1) is 30.3. The average Bonchev–Trinajstić information content (AvgIpc) is 3.37. The van der Waals surface area contributed by atoms with Gasteiger partial charge in [0.1, 0.15) is 10.6 Å². The van der Waals surface area contributed by atoms with Gasteiger partial charge in [-0.05, 0) is 67.9 Å². The number of hydrogen-bond acceptors (Lipinski definition) is 9. The quantitative estimate of drug-likeness (QED) is 0.241. The fourth-order valence-corrected chi connectivity index (χ4v) is 8.50. The molecule has 1 unspecified atom stereocenters. The number of fused-ring (bicyclic) bond motifs is 2. The third-order valence-corrected chi connectivity index (χ3v) is 10.6. The van der Waals surface area contributed by atoms with Crippen LogP contribution in [-0.2, 0) is 20.4 Å². The SMILES string of the molecule is CCOc1ccccc1C1(N2CCN(c3ccncc3)CC2)C(=O)N(S(=O)(=O)c2cccc3cc(C)cnc23)c2ccc(C#N)cc21. The Morgan fingerprint density at radius 1 is 0.936 bits per heavy atom. The molecule has 0 radical (unpaired) electrons. The highest BCUT2D eigenvalue weighted by molar-refractivity contribution is 7.93. The van der Waals surface area contributed by atoms with Crippen LogP contribution in [0.15, 0.2) is 102 Å². The third-order valence-electron chi connectivity index (χ3n) is 8.92. The minimum absolute atomic E-state index is 0.0740. The van der Waals surface area contributed by atoms with Gasteiger partial charge >= 0.3 is 0 Å². The van der Waals surface area contributed by atoms with E-state index in [2.05, 4.69) is 20.9 Å². The number of anilines is 2. The predicted octanol–water partition coefficient (Wildman–Crippen LogP) is 5.01. The number of nitrogens with zero attached hydrogens (tertiary/aromatic N) is 6. The normalized spacial score (nSPS) is 18.3. The summed E-state index contributed by atoms with van der Waals surface area (Å²) in [6.07, 6.45) is 5.10. The van der Waals surface area contributed by atoms with Crippen LogP contribution in [0.3, 0.4) is 0 Å². The highest BCUT2D eigenvalue weighted by atomic mass is 32.2. The summed E-state index contributed by atoms with van der Waals surface area (Å²) in [6, 6.07) is 24.9. The van der Waals surface area contributed by atoms with E-state index < -0.39 is 21.5 Å². The van der Waals surface area contributed by atoms with Gasteiger partial charge in [0.05, 0.1) is 29.4 Å². The first-order valence-corrected chi connectivity index (χ1v) is 16.9. The second-order valence-electron chi connectivity index (χ2n) is 11.6. The molecule has 2 aliphatic rings. The van der Waals surface area contributed by atoms with Crippen molar-refractivity contribution in [2.45, 2.75) is 24.3 Å². The van der Waals surface area contributed by atoms with Crippen LogP contribution in [-0.4, -0.2) is 62.0 Å². The van der Waals surface area contributed by atoms with E-state index in [1.165, 1.54) is 6.07 Å². The maximum absolute atomic E-state index is 15.4. The predicted molar refractivity (Wildman–Crippen MR) is 179 cm³/mol. The lowest BCUT2D eigenvalue weighted by atomic mass is 9.80. The van der Waals surface area contributed by atoms with Gasteiger partial charge in [-0.2, -0.15) is 5.26 Å². The summed E-state index contributed by atoms with van der Waals surface area (Å²) in [5.74, 6) is -0.189. The van der Waals surface area contributed by atoms with Crippen LogP contribution in [0.5, 0.6) is 5.75 Å². The molecule has 0 aliphatic carbocycles. The van der Waals surface area contributed by atoms with Crippen LogP contribution in [0.4, 0.5) is 11.4 Å². The first-order valence-electron chi connectivity index (χ1n) is 15.4. The zero-order valence-electron chi connectivity index (χ0n) is 26.0. The summed E-state index contributed by atoms with van der Waals surface area (Å²) >= 11 is 0. The first-order chi connectivity index (χ1) is 22.8. The number of nitriles is 1. The van der Waals surface area contributed by atoms with E-state index in [9.17, 15) is 13.7 Å². The Kier molecular flexibility index (Phi) is 7.62. The molecule has 1 fully saturated rings. The van der Waals surface area contributed by atoms with Crippen molar-refractivity contribution in [2.75, 3.05) is 42.0 Å². The molecule has 1 saturated heterocycles. The molecule has 4 heterocycles. The molecule has 11 heteroatoms. The lowest BCUT2D eigenvalue weighted by molar-refractivity contribution is -0.127. The number of aryl methyl sites for hydroxylation is 1. The molecule has 47 heavy (non-hydrogen) atoms. The summed E-state index contributed by atoms with van der Waals surface area (Å²) in [5, 5.41) is 10.7. The molecule has 1 amide bonds. The number of pyridine rings is 2. The molecule has 10 nitrogen and oxygen atoms in total. The molecular weight excluding hydrogens is 613 g/mol. The number of rotatable bonds is 7. The zero-order valence-corrected chi connectivity index (χ0v) is 26.8. The maximum Gasteiger partial charge on any atom is 0.273 e. The Hall–Kier alpha value is -5.31. The molecule has 236 valence electrons. The Morgan fingerprint density at radius 3 is 2.45 bits per heavy atom. The smallest absolute Gasteiger partial charge is 0.273 e. The number of aromatic nitrogens is 2. The Labute approximate surface area is 273 Å². The van der Waals surface area contributed by atoms with Crippen LogP contribution in [0.25, 0.3) is 10.9 Å². The van der Waals surface area contributed by atoms with Crippen LogP contribution in [0.2, 0.25) is 0 Å².